The molecular formula is C10H17N3OS. The molecule has 4 nitrogen and oxygen atoms in total. The van der Waals surface area contributed by atoms with Gasteiger partial charge in [-0.1, -0.05) is 6.42 Å². The molecule has 2 aliphatic carbocycles. The highest BCUT2D eigenvalue weighted by Crippen LogP contribution is 2.44. The molecule has 0 unspecified atom stereocenters. The molecule has 0 aromatic rings. The Labute approximate surface area is 95.2 Å². The summed E-state index contributed by atoms with van der Waals surface area (Å²) in [5.41, 5.74) is 5.16. The maximum atomic E-state index is 10.7. The van der Waals surface area contributed by atoms with Crippen LogP contribution in [0.15, 0.2) is 0 Å². The average molecular weight is 227 g/mol. The maximum absolute atomic E-state index is 10.7. The van der Waals surface area contributed by atoms with E-state index in [-0.39, 0.29) is 5.91 Å². The van der Waals surface area contributed by atoms with E-state index < -0.39 is 0 Å². The molecule has 2 saturated carbocycles. The lowest BCUT2D eigenvalue weighted by molar-refractivity contribution is -0.119. The number of carbonyl (C=O) groups is 1. The van der Waals surface area contributed by atoms with Gasteiger partial charge in [-0.2, -0.15) is 0 Å². The van der Waals surface area contributed by atoms with Crippen molar-refractivity contribution < 1.29 is 4.79 Å². The molecule has 5 heteroatoms. The Morgan fingerprint density at radius 1 is 1.27 bits per heavy atom. The van der Waals surface area contributed by atoms with Crippen LogP contribution in [-0.2, 0) is 4.79 Å². The van der Waals surface area contributed by atoms with Gasteiger partial charge < -0.3 is 5.32 Å². The molecule has 1 amide bonds. The minimum absolute atomic E-state index is 0.132. The Balaban J connectivity index is 1.73. The van der Waals surface area contributed by atoms with Crippen LogP contribution in [0.25, 0.3) is 0 Å². The lowest BCUT2D eigenvalue weighted by Crippen LogP contribution is -2.50. The molecule has 0 aliphatic heterocycles. The molecule has 0 radical (unpaired) electrons. The number of rotatable bonds is 1. The molecule has 0 aromatic carbocycles. The Kier molecular flexibility index (Phi) is 3.09. The second-order valence-electron chi connectivity index (χ2n) is 4.56. The van der Waals surface area contributed by atoms with Crippen LogP contribution in [0.4, 0.5) is 0 Å². The van der Waals surface area contributed by atoms with Crippen molar-refractivity contribution in [3.05, 3.63) is 0 Å². The van der Waals surface area contributed by atoms with E-state index in [9.17, 15) is 4.79 Å². The van der Waals surface area contributed by atoms with E-state index in [2.05, 4.69) is 16.2 Å². The van der Waals surface area contributed by atoms with Gasteiger partial charge in [-0.3, -0.25) is 15.6 Å². The van der Waals surface area contributed by atoms with Gasteiger partial charge in [0.05, 0.1) is 0 Å². The van der Waals surface area contributed by atoms with Crippen LogP contribution in [0.1, 0.15) is 32.6 Å². The van der Waals surface area contributed by atoms with Crippen LogP contribution >= 0.6 is 12.2 Å². The topological polar surface area (TPSA) is 53.2 Å². The van der Waals surface area contributed by atoms with Gasteiger partial charge in [0.1, 0.15) is 0 Å². The predicted octanol–water partition coefficient (Wildman–Crippen LogP) is 0.690. The van der Waals surface area contributed by atoms with Crippen LogP contribution in [-0.4, -0.2) is 17.1 Å². The summed E-state index contributed by atoms with van der Waals surface area (Å²) < 4.78 is 0. The Bertz CT molecular complexity index is 282. The van der Waals surface area contributed by atoms with Gasteiger partial charge >= 0.3 is 0 Å². The van der Waals surface area contributed by atoms with Gasteiger partial charge in [0.25, 0.3) is 0 Å². The molecular weight excluding hydrogens is 210 g/mol. The first-order chi connectivity index (χ1) is 7.15. The van der Waals surface area contributed by atoms with Gasteiger partial charge in [-0.15, -0.1) is 0 Å². The summed E-state index contributed by atoms with van der Waals surface area (Å²) in [4.78, 5) is 10.7. The zero-order valence-electron chi connectivity index (χ0n) is 8.88. The van der Waals surface area contributed by atoms with E-state index in [4.69, 9.17) is 12.2 Å². The van der Waals surface area contributed by atoms with Gasteiger partial charge in [0.2, 0.25) is 5.91 Å². The summed E-state index contributed by atoms with van der Waals surface area (Å²) in [6.45, 7) is 1.45. The van der Waals surface area contributed by atoms with Crippen LogP contribution in [0, 0.1) is 11.8 Å². The first-order valence-corrected chi connectivity index (χ1v) is 5.89. The molecule has 2 rings (SSSR count). The standard InChI is InChI=1S/C10H17N3OS/c1-6(14)12-13-10(15)11-9-5-7-2-3-8(9)4-7/h7-9H,2-5H2,1H3,(H,12,14)(H2,11,13,15)/t7-,8+,9-/m0/s1. The van der Waals surface area contributed by atoms with E-state index in [1.807, 2.05) is 0 Å². The van der Waals surface area contributed by atoms with E-state index in [1.165, 1.54) is 32.6 Å². The lowest BCUT2D eigenvalue weighted by Gasteiger charge is -2.24. The van der Waals surface area contributed by atoms with Gasteiger partial charge in [0, 0.05) is 13.0 Å². The fourth-order valence-corrected chi connectivity index (χ4v) is 2.97. The maximum Gasteiger partial charge on any atom is 0.235 e. The van der Waals surface area contributed by atoms with E-state index in [1.54, 1.807) is 0 Å². The molecule has 84 valence electrons. The number of amides is 1. The van der Waals surface area contributed by atoms with Crippen molar-refractivity contribution in [2.75, 3.05) is 0 Å². The molecule has 0 heterocycles. The van der Waals surface area contributed by atoms with Crippen LogP contribution in [0.2, 0.25) is 0 Å². The largest absolute Gasteiger partial charge is 0.358 e. The molecule has 0 aromatic heterocycles. The number of thiocarbonyl (C=S) groups is 1. The number of hydrogen-bond donors (Lipinski definition) is 3. The van der Waals surface area contributed by atoms with E-state index >= 15 is 0 Å². The molecule has 0 saturated heterocycles. The molecule has 3 atom stereocenters. The Morgan fingerprint density at radius 3 is 2.60 bits per heavy atom. The molecule has 2 fully saturated rings. The third-order valence-electron chi connectivity index (χ3n) is 3.41. The lowest BCUT2D eigenvalue weighted by atomic mass is 9.96. The second kappa shape index (κ2) is 4.35. The second-order valence-corrected chi connectivity index (χ2v) is 4.97. The minimum Gasteiger partial charge on any atom is -0.358 e. The van der Waals surface area contributed by atoms with Crippen LogP contribution in [0.5, 0.6) is 0 Å². The summed E-state index contributed by atoms with van der Waals surface area (Å²) in [5.74, 6) is 1.55. The summed E-state index contributed by atoms with van der Waals surface area (Å²) >= 11 is 5.09. The monoisotopic (exact) mass is 227 g/mol. The molecule has 15 heavy (non-hydrogen) atoms. The normalized spacial score (nSPS) is 32.5. The number of fused-ring (bicyclic) bond motifs is 2. The molecule has 3 N–H and O–H groups in total. The van der Waals surface area contributed by atoms with Crippen molar-refractivity contribution in [1.82, 2.24) is 16.2 Å². The van der Waals surface area contributed by atoms with Crippen molar-refractivity contribution in [1.29, 1.82) is 0 Å². The average Bonchev–Trinajstić information content (AvgIpc) is 2.76. The highest BCUT2D eigenvalue weighted by atomic mass is 32.1. The highest BCUT2D eigenvalue weighted by Gasteiger charge is 2.39. The van der Waals surface area contributed by atoms with E-state index in [0.717, 1.165) is 11.8 Å². The van der Waals surface area contributed by atoms with Crippen LogP contribution in [0.3, 0.4) is 0 Å². The summed E-state index contributed by atoms with van der Waals surface area (Å²) in [6, 6.07) is 0.512. The fourth-order valence-electron chi connectivity index (χ4n) is 2.77. The van der Waals surface area contributed by atoms with Gasteiger partial charge in [-0.05, 0) is 43.3 Å². The summed E-state index contributed by atoms with van der Waals surface area (Å²) in [7, 11) is 0. The summed E-state index contributed by atoms with van der Waals surface area (Å²) in [6.07, 6.45) is 5.28. The Morgan fingerprint density at radius 2 is 2.07 bits per heavy atom. The first-order valence-electron chi connectivity index (χ1n) is 5.48. The molecule has 2 bridgehead atoms. The predicted molar refractivity (Wildman–Crippen MR) is 61.9 cm³/mol. The minimum atomic E-state index is -0.132. The third-order valence-corrected chi connectivity index (χ3v) is 3.63. The smallest absolute Gasteiger partial charge is 0.235 e. The number of hydrazine groups is 1. The number of hydrogen-bond acceptors (Lipinski definition) is 2. The molecule has 2 aliphatic rings. The van der Waals surface area contributed by atoms with Crippen molar-refractivity contribution in [3.8, 4) is 0 Å². The Hall–Kier alpha value is -0.840. The first kappa shape index (κ1) is 10.7. The number of nitrogens with one attached hydrogen (secondary N) is 3. The van der Waals surface area contributed by atoms with Crippen molar-refractivity contribution in [3.63, 3.8) is 0 Å². The highest BCUT2D eigenvalue weighted by molar-refractivity contribution is 7.80. The fraction of sp³-hybridized carbons (Fsp3) is 0.800. The molecule has 0 spiro atoms. The number of carbonyl (C=O) groups excluding carboxylic acids is 1. The van der Waals surface area contributed by atoms with Crippen molar-refractivity contribution >= 4 is 23.2 Å². The van der Waals surface area contributed by atoms with Gasteiger partial charge in [0.15, 0.2) is 5.11 Å². The zero-order valence-corrected chi connectivity index (χ0v) is 9.69. The zero-order chi connectivity index (χ0) is 10.8. The van der Waals surface area contributed by atoms with Crippen molar-refractivity contribution in [2.45, 2.75) is 38.6 Å². The van der Waals surface area contributed by atoms with E-state index in [0.29, 0.717) is 11.2 Å². The summed E-state index contributed by atoms with van der Waals surface area (Å²) in [5, 5.41) is 3.80. The quantitative estimate of drug-likeness (QED) is 0.456. The SMILES string of the molecule is CC(=O)NNC(=S)N[C@H]1C[C@H]2CC[C@@H]1C2. The third kappa shape index (κ3) is 2.59. The van der Waals surface area contributed by atoms with Gasteiger partial charge in [-0.25, -0.2) is 0 Å². The van der Waals surface area contributed by atoms with Crippen LogP contribution < -0.4 is 16.2 Å². The van der Waals surface area contributed by atoms with Crippen molar-refractivity contribution in [2.24, 2.45) is 11.8 Å².